The first-order chi connectivity index (χ1) is 11.9. The standard InChI is InChI=1S/C20H22N2O2S/c1-11-16-17(12-5-7-13(25-4)8-6-12)18-14(21-19(16)24-22-11)9-20(2,3)10-15(18)23/h5-8,17,21H,9-10H2,1-4H3/t17-/m1/s1. The van der Waals surface area contributed by atoms with Crippen molar-refractivity contribution in [2.45, 2.75) is 44.4 Å². The van der Waals surface area contributed by atoms with E-state index in [0.717, 1.165) is 34.5 Å². The molecule has 2 aromatic rings. The quantitative estimate of drug-likeness (QED) is 0.777. The topological polar surface area (TPSA) is 55.1 Å². The van der Waals surface area contributed by atoms with E-state index in [1.54, 1.807) is 11.8 Å². The predicted octanol–water partition coefficient (Wildman–Crippen LogP) is 4.91. The lowest BCUT2D eigenvalue weighted by atomic mass is 9.69. The number of hydrogen-bond donors (Lipinski definition) is 1. The minimum absolute atomic E-state index is 0.0389. The highest BCUT2D eigenvalue weighted by molar-refractivity contribution is 7.98. The smallest absolute Gasteiger partial charge is 0.233 e. The Balaban J connectivity index is 1.89. The number of ketones is 1. The van der Waals surface area contributed by atoms with Crippen LogP contribution in [0.1, 0.15) is 49.4 Å². The largest absolute Gasteiger partial charge is 0.338 e. The van der Waals surface area contributed by atoms with Crippen LogP contribution in [0.2, 0.25) is 0 Å². The van der Waals surface area contributed by atoms with Gasteiger partial charge in [0.1, 0.15) is 0 Å². The van der Waals surface area contributed by atoms with E-state index in [-0.39, 0.29) is 17.1 Å². The zero-order valence-corrected chi connectivity index (χ0v) is 15.8. The third-order valence-electron chi connectivity index (χ3n) is 5.12. The van der Waals surface area contributed by atoms with Crippen LogP contribution in [0, 0.1) is 12.3 Å². The van der Waals surface area contributed by atoms with Crippen molar-refractivity contribution in [2.75, 3.05) is 11.6 Å². The van der Waals surface area contributed by atoms with E-state index >= 15 is 0 Å². The number of carbonyl (C=O) groups is 1. The van der Waals surface area contributed by atoms with Gasteiger partial charge in [0.25, 0.3) is 0 Å². The van der Waals surface area contributed by atoms with Gasteiger partial charge < -0.3 is 9.84 Å². The minimum atomic E-state index is -0.1000. The second-order valence-electron chi connectivity index (χ2n) is 7.68. The number of anilines is 1. The molecule has 0 fully saturated rings. The van der Waals surface area contributed by atoms with Crippen LogP contribution < -0.4 is 5.32 Å². The Morgan fingerprint density at radius 2 is 1.96 bits per heavy atom. The Morgan fingerprint density at radius 1 is 1.24 bits per heavy atom. The van der Waals surface area contributed by atoms with Crippen LogP contribution in [0.4, 0.5) is 5.88 Å². The highest BCUT2D eigenvalue weighted by Gasteiger charge is 2.42. The van der Waals surface area contributed by atoms with Crippen molar-refractivity contribution in [3.05, 3.63) is 52.4 Å². The number of benzene rings is 1. The molecule has 0 radical (unpaired) electrons. The van der Waals surface area contributed by atoms with Gasteiger partial charge in [-0.05, 0) is 42.7 Å². The molecule has 0 unspecified atom stereocenters. The van der Waals surface area contributed by atoms with Crippen LogP contribution in [-0.4, -0.2) is 17.2 Å². The molecule has 0 amide bonds. The lowest BCUT2D eigenvalue weighted by molar-refractivity contribution is -0.118. The fraction of sp³-hybridized carbons (Fsp3) is 0.400. The maximum Gasteiger partial charge on any atom is 0.233 e. The first kappa shape index (κ1) is 16.5. The molecule has 4 nitrogen and oxygen atoms in total. The van der Waals surface area contributed by atoms with Gasteiger partial charge in [-0.15, -0.1) is 11.8 Å². The number of Topliss-reactive ketones (excluding diaryl/α,β-unsaturated/α-hetero) is 1. The van der Waals surface area contributed by atoms with Gasteiger partial charge in [0.05, 0.1) is 11.3 Å². The van der Waals surface area contributed by atoms with E-state index in [0.29, 0.717) is 12.3 Å². The maximum atomic E-state index is 13.0. The molecule has 2 heterocycles. The summed E-state index contributed by atoms with van der Waals surface area (Å²) in [6.07, 6.45) is 3.48. The average molecular weight is 354 g/mol. The summed E-state index contributed by atoms with van der Waals surface area (Å²) in [7, 11) is 0. The molecule has 0 spiro atoms. The Morgan fingerprint density at radius 3 is 2.64 bits per heavy atom. The summed E-state index contributed by atoms with van der Waals surface area (Å²) in [5.74, 6) is 0.807. The van der Waals surface area contributed by atoms with Crippen molar-refractivity contribution < 1.29 is 9.32 Å². The van der Waals surface area contributed by atoms with Crippen molar-refractivity contribution in [2.24, 2.45) is 5.41 Å². The summed E-state index contributed by atoms with van der Waals surface area (Å²) < 4.78 is 5.53. The van der Waals surface area contributed by atoms with E-state index in [1.165, 1.54) is 4.90 Å². The summed E-state index contributed by atoms with van der Waals surface area (Å²) in [5, 5.41) is 7.50. The number of aryl methyl sites for hydroxylation is 1. The van der Waals surface area contributed by atoms with Gasteiger partial charge in [0, 0.05) is 28.5 Å². The monoisotopic (exact) mass is 354 g/mol. The molecule has 1 aromatic heterocycles. The van der Waals surface area contributed by atoms with Crippen LogP contribution >= 0.6 is 11.8 Å². The highest BCUT2D eigenvalue weighted by Crippen LogP contribution is 2.49. The summed E-state index contributed by atoms with van der Waals surface area (Å²) in [6.45, 7) is 6.22. The fourth-order valence-electron chi connectivity index (χ4n) is 4.00. The third kappa shape index (κ3) is 2.71. The number of aromatic nitrogens is 1. The number of carbonyl (C=O) groups excluding carboxylic acids is 1. The van der Waals surface area contributed by atoms with Crippen molar-refractivity contribution in [3.8, 4) is 0 Å². The molecule has 1 N–H and O–H groups in total. The van der Waals surface area contributed by atoms with E-state index in [9.17, 15) is 4.79 Å². The number of allylic oxidation sites excluding steroid dienone is 2. The van der Waals surface area contributed by atoms with Crippen LogP contribution in [0.3, 0.4) is 0 Å². The molecule has 1 atom stereocenters. The SMILES string of the molecule is CSc1ccc([C@H]2C3=C(CC(C)(C)CC3=O)Nc3onc(C)c32)cc1. The lowest BCUT2D eigenvalue weighted by Gasteiger charge is -2.37. The maximum absolute atomic E-state index is 13.0. The predicted molar refractivity (Wildman–Crippen MR) is 100.0 cm³/mol. The summed E-state index contributed by atoms with van der Waals surface area (Å²) >= 11 is 1.72. The first-order valence-electron chi connectivity index (χ1n) is 8.53. The van der Waals surface area contributed by atoms with Crippen molar-refractivity contribution in [1.29, 1.82) is 0 Å². The number of thioether (sulfide) groups is 1. The zero-order chi connectivity index (χ0) is 17.8. The lowest BCUT2D eigenvalue weighted by Crippen LogP contribution is -2.33. The number of nitrogens with zero attached hydrogens (tertiary/aromatic N) is 1. The molecule has 1 aromatic carbocycles. The Labute approximate surface area is 152 Å². The number of hydrogen-bond acceptors (Lipinski definition) is 5. The van der Waals surface area contributed by atoms with Gasteiger partial charge in [0.15, 0.2) is 5.78 Å². The van der Waals surface area contributed by atoms with Crippen molar-refractivity contribution >= 4 is 23.4 Å². The first-order valence-corrected chi connectivity index (χ1v) is 9.75. The van der Waals surface area contributed by atoms with Gasteiger partial charge >= 0.3 is 0 Å². The molecular formula is C20H22N2O2S. The average Bonchev–Trinajstić information content (AvgIpc) is 2.93. The van der Waals surface area contributed by atoms with Gasteiger partial charge in [-0.1, -0.05) is 31.1 Å². The van der Waals surface area contributed by atoms with E-state index in [2.05, 4.69) is 54.8 Å². The van der Waals surface area contributed by atoms with Crippen molar-refractivity contribution in [3.63, 3.8) is 0 Å². The Bertz CT molecular complexity index is 878. The van der Waals surface area contributed by atoms with E-state index in [1.807, 2.05) is 6.92 Å². The second-order valence-corrected chi connectivity index (χ2v) is 8.55. The molecular weight excluding hydrogens is 332 g/mol. The van der Waals surface area contributed by atoms with Gasteiger partial charge in [-0.3, -0.25) is 4.79 Å². The summed E-state index contributed by atoms with van der Waals surface area (Å²) in [5.41, 5.74) is 4.78. The molecule has 2 aliphatic rings. The van der Waals surface area contributed by atoms with Crippen LogP contribution in [0.5, 0.6) is 0 Å². The van der Waals surface area contributed by atoms with Gasteiger partial charge in [-0.25, -0.2) is 0 Å². The van der Waals surface area contributed by atoms with Crippen LogP contribution in [0.15, 0.2) is 45.0 Å². The number of rotatable bonds is 2. The molecule has 0 bridgehead atoms. The molecule has 0 saturated heterocycles. The van der Waals surface area contributed by atoms with Gasteiger partial charge in [-0.2, -0.15) is 0 Å². The Hall–Kier alpha value is -2.01. The molecule has 4 rings (SSSR count). The fourth-order valence-corrected chi connectivity index (χ4v) is 4.41. The summed E-state index contributed by atoms with van der Waals surface area (Å²) in [6, 6.07) is 8.47. The molecule has 130 valence electrons. The molecule has 25 heavy (non-hydrogen) atoms. The molecule has 1 aliphatic heterocycles. The molecule has 1 aliphatic carbocycles. The molecule has 0 saturated carbocycles. The minimum Gasteiger partial charge on any atom is -0.338 e. The Kier molecular flexibility index (Phi) is 3.80. The van der Waals surface area contributed by atoms with E-state index in [4.69, 9.17) is 4.52 Å². The van der Waals surface area contributed by atoms with Crippen LogP contribution in [0.25, 0.3) is 0 Å². The normalized spacial score (nSPS) is 21.6. The number of nitrogens with one attached hydrogen (secondary N) is 1. The third-order valence-corrected chi connectivity index (χ3v) is 5.86. The van der Waals surface area contributed by atoms with Crippen molar-refractivity contribution in [1.82, 2.24) is 5.16 Å². The van der Waals surface area contributed by atoms with E-state index < -0.39 is 0 Å². The second kappa shape index (κ2) is 5.77. The van der Waals surface area contributed by atoms with Gasteiger partial charge in [0.2, 0.25) is 5.88 Å². The molecule has 5 heteroatoms. The zero-order valence-electron chi connectivity index (χ0n) is 15.0. The summed E-state index contributed by atoms with van der Waals surface area (Å²) in [4.78, 5) is 14.3. The highest BCUT2D eigenvalue weighted by atomic mass is 32.2. The van der Waals surface area contributed by atoms with Crippen LogP contribution in [-0.2, 0) is 4.79 Å². The number of fused-ring (bicyclic) bond motifs is 1.